The van der Waals surface area contributed by atoms with Crippen LogP contribution in [0.1, 0.15) is 21.1 Å². The molecular weight excluding hydrogens is 406 g/mol. The third kappa shape index (κ3) is 3.81. The highest BCUT2D eigenvalue weighted by Gasteiger charge is 2.14. The molecular formula is C22H18ClN3O2S. The number of hydrogen-bond donors (Lipinski definition) is 0. The fourth-order valence-corrected chi connectivity index (χ4v) is 4.40. The Balaban J connectivity index is 1.62. The Kier molecular flexibility index (Phi) is 5.22. The molecule has 5 nitrogen and oxygen atoms in total. The largest absolute Gasteiger partial charge is 0.337 e. The summed E-state index contributed by atoms with van der Waals surface area (Å²) in [6, 6.07) is 18.0. The van der Waals surface area contributed by atoms with Gasteiger partial charge in [-0.1, -0.05) is 23.7 Å². The van der Waals surface area contributed by atoms with Gasteiger partial charge in [0.1, 0.15) is 5.82 Å². The number of halogens is 1. The molecule has 146 valence electrons. The van der Waals surface area contributed by atoms with Crippen LogP contribution in [0.5, 0.6) is 0 Å². The monoisotopic (exact) mass is 423 g/mol. The Bertz CT molecular complexity index is 1260. The maximum Gasteiger partial charge on any atom is 0.265 e. The van der Waals surface area contributed by atoms with Gasteiger partial charge in [-0.3, -0.25) is 14.2 Å². The number of thiophene rings is 1. The molecule has 0 N–H and O–H groups in total. The third-order valence-corrected chi connectivity index (χ3v) is 5.90. The number of nitrogens with zero attached hydrogens (tertiary/aromatic N) is 3. The number of fused-ring (bicyclic) bond motifs is 1. The molecule has 0 aliphatic heterocycles. The van der Waals surface area contributed by atoms with Gasteiger partial charge in [-0.15, -0.1) is 11.3 Å². The van der Waals surface area contributed by atoms with Crippen LogP contribution in [-0.2, 0) is 6.54 Å². The van der Waals surface area contributed by atoms with Crippen molar-refractivity contribution in [3.63, 3.8) is 0 Å². The highest BCUT2D eigenvalue weighted by Crippen LogP contribution is 2.23. The summed E-state index contributed by atoms with van der Waals surface area (Å²) in [5.74, 6) is 0.501. The van der Waals surface area contributed by atoms with Crippen LogP contribution in [0.3, 0.4) is 0 Å². The molecule has 0 aliphatic carbocycles. The van der Waals surface area contributed by atoms with Gasteiger partial charge in [-0.05, 0) is 55.5 Å². The van der Waals surface area contributed by atoms with E-state index in [2.05, 4.69) is 4.98 Å². The van der Waals surface area contributed by atoms with Crippen LogP contribution in [0, 0.1) is 6.92 Å². The fourth-order valence-electron chi connectivity index (χ4n) is 3.26. The van der Waals surface area contributed by atoms with Crippen LogP contribution >= 0.6 is 22.9 Å². The zero-order chi connectivity index (χ0) is 20.5. The highest BCUT2D eigenvalue weighted by atomic mass is 35.5. The molecule has 0 radical (unpaired) electrons. The SMILES string of the molecule is Cc1nc2ccccc2c(=O)n1-c1ccc(C(=O)N(C)Cc2ccc(Cl)s2)cc1. The second kappa shape index (κ2) is 7.81. The molecule has 2 aromatic carbocycles. The molecule has 2 aromatic heterocycles. The molecule has 1 amide bonds. The first kappa shape index (κ1) is 19.4. The van der Waals surface area contributed by atoms with Crippen molar-refractivity contribution in [1.29, 1.82) is 0 Å². The average Bonchev–Trinajstić information content (AvgIpc) is 3.12. The van der Waals surface area contributed by atoms with Gasteiger partial charge >= 0.3 is 0 Å². The molecule has 0 saturated heterocycles. The summed E-state index contributed by atoms with van der Waals surface area (Å²) in [6.45, 7) is 2.29. The van der Waals surface area contributed by atoms with Gasteiger partial charge in [-0.2, -0.15) is 0 Å². The maximum atomic E-state index is 12.9. The zero-order valence-electron chi connectivity index (χ0n) is 15.9. The van der Waals surface area contributed by atoms with Crippen LogP contribution < -0.4 is 5.56 Å². The van der Waals surface area contributed by atoms with Crippen molar-refractivity contribution in [2.24, 2.45) is 0 Å². The molecule has 4 rings (SSSR count). The number of para-hydroxylation sites is 1. The summed E-state index contributed by atoms with van der Waals surface area (Å²) >= 11 is 7.42. The van der Waals surface area contributed by atoms with Crippen molar-refractivity contribution in [2.45, 2.75) is 13.5 Å². The molecule has 0 fully saturated rings. The molecule has 0 saturated carbocycles. The average molecular weight is 424 g/mol. The normalized spacial score (nSPS) is 11.0. The van der Waals surface area contributed by atoms with E-state index < -0.39 is 0 Å². The lowest BCUT2D eigenvalue weighted by Gasteiger charge is -2.17. The smallest absolute Gasteiger partial charge is 0.265 e. The molecule has 0 bridgehead atoms. The summed E-state index contributed by atoms with van der Waals surface area (Å²) in [5.41, 5.74) is 1.78. The Morgan fingerprint density at radius 2 is 1.83 bits per heavy atom. The molecule has 4 aromatic rings. The predicted molar refractivity (Wildman–Crippen MR) is 117 cm³/mol. The third-order valence-electron chi connectivity index (χ3n) is 4.68. The topological polar surface area (TPSA) is 55.2 Å². The van der Waals surface area contributed by atoms with Gasteiger partial charge in [0.15, 0.2) is 0 Å². The Morgan fingerprint density at radius 1 is 1.10 bits per heavy atom. The maximum absolute atomic E-state index is 12.9. The van der Waals surface area contributed by atoms with Crippen molar-refractivity contribution in [3.8, 4) is 5.69 Å². The minimum Gasteiger partial charge on any atom is -0.337 e. The van der Waals surface area contributed by atoms with Crippen LogP contribution in [0.15, 0.2) is 65.5 Å². The second-order valence-corrected chi connectivity index (χ2v) is 8.53. The second-order valence-electron chi connectivity index (χ2n) is 6.73. The van der Waals surface area contributed by atoms with E-state index in [4.69, 9.17) is 11.6 Å². The number of benzene rings is 2. The number of hydrogen-bond acceptors (Lipinski definition) is 4. The van der Waals surface area contributed by atoms with E-state index in [1.165, 1.54) is 11.3 Å². The lowest BCUT2D eigenvalue weighted by atomic mass is 10.1. The Hall–Kier alpha value is -2.96. The quantitative estimate of drug-likeness (QED) is 0.478. The zero-order valence-corrected chi connectivity index (χ0v) is 17.5. The highest BCUT2D eigenvalue weighted by molar-refractivity contribution is 7.16. The summed E-state index contributed by atoms with van der Waals surface area (Å²) in [4.78, 5) is 32.8. The van der Waals surface area contributed by atoms with E-state index in [1.54, 1.807) is 53.8 Å². The van der Waals surface area contributed by atoms with Crippen LogP contribution in [0.2, 0.25) is 4.34 Å². The first-order chi connectivity index (χ1) is 13.9. The molecule has 29 heavy (non-hydrogen) atoms. The summed E-state index contributed by atoms with van der Waals surface area (Å²) < 4.78 is 2.27. The number of amides is 1. The number of rotatable bonds is 4. The van der Waals surface area contributed by atoms with Crippen molar-refractivity contribution >= 4 is 39.7 Å². The number of aromatic nitrogens is 2. The lowest BCUT2D eigenvalue weighted by Crippen LogP contribution is -2.26. The van der Waals surface area contributed by atoms with Gasteiger partial charge in [-0.25, -0.2) is 4.98 Å². The van der Waals surface area contributed by atoms with E-state index in [1.807, 2.05) is 30.3 Å². The van der Waals surface area contributed by atoms with E-state index in [0.29, 0.717) is 38.9 Å². The molecule has 0 unspecified atom stereocenters. The number of carbonyl (C=O) groups is 1. The van der Waals surface area contributed by atoms with E-state index >= 15 is 0 Å². The number of carbonyl (C=O) groups excluding carboxylic acids is 1. The summed E-state index contributed by atoms with van der Waals surface area (Å²) in [6.07, 6.45) is 0. The van der Waals surface area contributed by atoms with E-state index in [0.717, 1.165) is 4.88 Å². The van der Waals surface area contributed by atoms with Gasteiger partial charge in [0.2, 0.25) is 0 Å². The van der Waals surface area contributed by atoms with Crippen LogP contribution in [-0.4, -0.2) is 27.4 Å². The molecule has 0 atom stereocenters. The summed E-state index contributed by atoms with van der Waals surface area (Å²) in [7, 11) is 1.76. The summed E-state index contributed by atoms with van der Waals surface area (Å²) in [5, 5.41) is 0.563. The van der Waals surface area contributed by atoms with Crippen molar-refractivity contribution < 1.29 is 4.79 Å². The Morgan fingerprint density at radius 3 is 2.52 bits per heavy atom. The van der Waals surface area contributed by atoms with E-state index in [9.17, 15) is 9.59 Å². The van der Waals surface area contributed by atoms with Gasteiger partial charge in [0, 0.05) is 17.5 Å². The predicted octanol–water partition coefficient (Wildman–Crippen LogP) is 4.68. The molecule has 7 heteroatoms. The van der Waals surface area contributed by atoms with Crippen LogP contribution in [0.4, 0.5) is 0 Å². The van der Waals surface area contributed by atoms with Gasteiger partial charge in [0.05, 0.1) is 27.5 Å². The van der Waals surface area contributed by atoms with Crippen LogP contribution in [0.25, 0.3) is 16.6 Å². The molecule has 0 aliphatic rings. The molecule has 0 spiro atoms. The van der Waals surface area contributed by atoms with E-state index in [-0.39, 0.29) is 11.5 Å². The minimum atomic E-state index is -0.126. The minimum absolute atomic E-state index is 0.0956. The lowest BCUT2D eigenvalue weighted by molar-refractivity contribution is 0.0786. The first-order valence-corrected chi connectivity index (χ1v) is 10.2. The van der Waals surface area contributed by atoms with Crippen molar-refractivity contribution in [1.82, 2.24) is 14.5 Å². The molecule has 2 heterocycles. The van der Waals surface area contributed by atoms with Crippen molar-refractivity contribution in [2.75, 3.05) is 7.05 Å². The Labute approximate surface area is 176 Å². The van der Waals surface area contributed by atoms with Gasteiger partial charge in [0.25, 0.3) is 11.5 Å². The number of aryl methyl sites for hydroxylation is 1. The standard InChI is InChI=1S/C22H18ClN3O2S/c1-14-24-19-6-4-3-5-18(19)22(28)26(14)16-9-7-15(8-10-16)21(27)25(2)13-17-11-12-20(23)29-17/h3-12H,13H2,1-2H3. The van der Waals surface area contributed by atoms with Gasteiger partial charge < -0.3 is 4.90 Å². The fraction of sp³-hybridized carbons (Fsp3) is 0.136. The first-order valence-electron chi connectivity index (χ1n) is 9.02. The van der Waals surface area contributed by atoms with Crippen molar-refractivity contribution in [3.05, 3.63) is 91.6 Å².